The zero-order valence-electron chi connectivity index (χ0n) is 9.93. The maximum atomic E-state index is 13.5. The van der Waals surface area contributed by atoms with Crippen molar-refractivity contribution in [2.45, 2.75) is 16.6 Å². The fraction of sp³-hybridized carbons (Fsp3) is 0.111. The molecule has 1 heterocycles. The molecule has 0 aliphatic heterocycles. The van der Waals surface area contributed by atoms with Crippen LogP contribution in [0.4, 0.5) is 14.5 Å². The van der Waals surface area contributed by atoms with Gasteiger partial charge in [-0.3, -0.25) is 14.9 Å². The summed E-state index contributed by atoms with van der Waals surface area (Å²) in [6.07, 6.45) is 0. The van der Waals surface area contributed by atoms with Crippen molar-refractivity contribution in [1.29, 1.82) is 0 Å². The SMILES string of the molecule is O=C(O)Cn1nnnc1Sc1cc(F)cc(F)c1[N+](=O)[O-]. The molecule has 12 heteroatoms. The van der Waals surface area contributed by atoms with Gasteiger partial charge in [0.2, 0.25) is 11.0 Å². The Labute approximate surface area is 118 Å². The van der Waals surface area contributed by atoms with Crippen LogP contribution in [0.25, 0.3) is 0 Å². The van der Waals surface area contributed by atoms with Gasteiger partial charge in [0.05, 0.1) is 9.82 Å². The largest absolute Gasteiger partial charge is 0.480 e. The molecule has 2 rings (SSSR count). The van der Waals surface area contributed by atoms with E-state index in [1.807, 2.05) is 0 Å². The van der Waals surface area contributed by atoms with Crippen molar-refractivity contribution < 1.29 is 23.6 Å². The van der Waals surface area contributed by atoms with Gasteiger partial charge >= 0.3 is 11.7 Å². The van der Waals surface area contributed by atoms with Gasteiger partial charge in [0.1, 0.15) is 12.4 Å². The fourth-order valence-corrected chi connectivity index (χ4v) is 2.31. The molecule has 0 saturated carbocycles. The van der Waals surface area contributed by atoms with E-state index in [0.717, 1.165) is 10.7 Å². The molecule has 21 heavy (non-hydrogen) atoms. The smallest absolute Gasteiger partial charge is 0.325 e. The van der Waals surface area contributed by atoms with Gasteiger partial charge in [-0.05, 0) is 28.3 Å². The number of hydrogen-bond acceptors (Lipinski definition) is 7. The van der Waals surface area contributed by atoms with Gasteiger partial charge in [-0.25, -0.2) is 9.07 Å². The van der Waals surface area contributed by atoms with Gasteiger partial charge in [0, 0.05) is 6.07 Å². The number of carboxylic acids is 1. The first-order valence-corrected chi connectivity index (χ1v) is 5.99. The minimum Gasteiger partial charge on any atom is -0.480 e. The molecule has 9 nitrogen and oxygen atoms in total. The minimum absolute atomic E-state index is 0.148. The fourth-order valence-electron chi connectivity index (χ4n) is 1.39. The Bertz CT molecular complexity index is 722. The molecule has 0 amide bonds. The predicted molar refractivity (Wildman–Crippen MR) is 62.6 cm³/mol. The van der Waals surface area contributed by atoms with Gasteiger partial charge in [-0.1, -0.05) is 0 Å². The van der Waals surface area contributed by atoms with Gasteiger partial charge < -0.3 is 5.11 Å². The molecule has 0 atom stereocenters. The van der Waals surface area contributed by atoms with Crippen molar-refractivity contribution >= 4 is 23.4 Å². The van der Waals surface area contributed by atoms with E-state index in [-0.39, 0.29) is 10.1 Å². The Balaban J connectivity index is 2.42. The summed E-state index contributed by atoms with van der Waals surface area (Å²) in [4.78, 5) is 20.0. The molecule has 0 saturated heterocycles. The number of aromatic nitrogens is 4. The zero-order valence-corrected chi connectivity index (χ0v) is 10.8. The molecule has 0 radical (unpaired) electrons. The summed E-state index contributed by atoms with van der Waals surface area (Å²) >= 11 is 0.488. The molecular weight excluding hydrogens is 312 g/mol. The van der Waals surface area contributed by atoms with E-state index in [1.165, 1.54) is 0 Å². The Morgan fingerprint density at radius 1 is 1.48 bits per heavy atom. The number of nitro benzene ring substituents is 1. The highest BCUT2D eigenvalue weighted by atomic mass is 32.2. The Morgan fingerprint density at radius 2 is 2.19 bits per heavy atom. The number of nitrogens with zero attached hydrogens (tertiary/aromatic N) is 5. The standard InChI is InChI=1S/C9H5F2N5O4S/c10-4-1-5(11)8(16(19)20)6(2-4)21-9-12-13-14-15(9)3-7(17)18/h1-2H,3H2,(H,17,18). The third-order valence-corrected chi connectivity index (χ3v) is 3.17. The lowest BCUT2D eigenvalue weighted by atomic mass is 10.3. The minimum atomic E-state index is -1.35. The molecule has 1 aromatic heterocycles. The second-order valence-electron chi connectivity index (χ2n) is 3.61. The lowest BCUT2D eigenvalue weighted by Gasteiger charge is -2.04. The number of carboxylic acid groups (broad SMARTS) is 1. The van der Waals surface area contributed by atoms with Crippen LogP contribution in [0.2, 0.25) is 0 Å². The third-order valence-electron chi connectivity index (χ3n) is 2.16. The summed E-state index contributed by atoms with van der Waals surface area (Å²) in [7, 11) is 0. The Hall–Kier alpha value is -2.63. The van der Waals surface area contributed by atoms with Crippen molar-refractivity contribution in [2.24, 2.45) is 0 Å². The summed E-state index contributed by atoms with van der Waals surface area (Å²) in [5.41, 5.74) is -0.939. The number of rotatable bonds is 5. The number of halogens is 2. The number of benzene rings is 1. The number of nitro groups is 1. The summed E-state index contributed by atoms with van der Waals surface area (Å²) in [5.74, 6) is -3.61. The van der Waals surface area contributed by atoms with E-state index < -0.39 is 34.8 Å². The van der Waals surface area contributed by atoms with Crippen LogP contribution in [0, 0.1) is 21.7 Å². The zero-order chi connectivity index (χ0) is 15.6. The maximum Gasteiger partial charge on any atom is 0.325 e. The van der Waals surface area contributed by atoms with Gasteiger partial charge in [-0.15, -0.1) is 5.10 Å². The summed E-state index contributed by atoms with van der Waals surface area (Å²) in [6.45, 7) is -0.596. The molecule has 0 bridgehead atoms. The second-order valence-corrected chi connectivity index (χ2v) is 4.62. The molecule has 110 valence electrons. The average Bonchev–Trinajstić information content (AvgIpc) is 2.74. The van der Waals surface area contributed by atoms with E-state index in [1.54, 1.807) is 0 Å². The number of tetrazole rings is 1. The highest BCUT2D eigenvalue weighted by molar-refractivity contribution is 7.99. The lowest BCUT2D eigenvalue weighted by Crippen LogP contribution is -2.11. The molecule has 2 aromatic rings. The number of aliphatic carboxylic acids is 1. The third kappa shape index (κ3) is 3.28. The number of carbonyl (C=O) groups is 1. The van der Waals surface area contributed by atoms with Crippen molar-refractivity contribution in [3.8, 4) is 0 Å². The van der Waals surface area contributed by atoms with Crippen LogP contribution in [0.3, 0.4) is 0 Å². The average molecular weight is 317 g/mol. The lowest BCUT2D eigenvalue weighted by molar-refractivity contribution is -0.390. The monoisotopic (exact) mass is 317 g/mol. The molecule has 1 aromatic carbocycles. The molecule has 0 fully saturated rings. The molecule has 0 aliphatic rings. The second kappa shape index (κ2) is 5.78. The normalized spacial score (nSPS) is 10.6. The molecule has 0 spiro atoms. The first-order chi connectivity index (χ1) is 9.88. The molecule has 0 aliphatic carbocycles. The van der Waals surface area contributed by atoms with Crippen molar-refractivity contribution in [3.05, 3.63) is 33.9 Å². The van der Waals surface area contributed by atoms with Crippen molar-refractivity contribution in [3.63, 3.8) is 0 Å². The van der Waals surface area contributed by atoms with Crippen LogP contribution in [0.15, 0.2) is 22.2 Å². The first-order valence-electron chi connectivity index (χ1n) is 5.17. The Kier molecular flexibility index (Phi) is 4.07. The predicted octanol–water partition coefficient (Wildman–Crippen LogP) is 1.10. The highest BCUT2D eigenvalue weighted by Crippen LogP contribution is 2.35. The molecule has 0 unspecified atom stereocenters. The Morgan fingerprint density at radius 3 is 2.81 bits per heavy atom. The van der Waals surface area contributed by atoms with Gasteiger partial charge in [0.15, 0.2) is 0 Å². The van der Waals surface area contributed by atoms with Crippen LogP contribution in [-0.2, 0) is 11.3 Å². The van der Waals surface area contributed by atoms with E-state index in [0.29, 0.717) is 17.8 Å². The van der Waals surface area contributed by atoms with Crippen LogP contribution in [0.5, 0.6) is 0 Å². The topological polar surface area (TPSA) is 124 Å². The van der Waals surface area contributed by atoms with Crippen molar-refractivity contribution in [1.82, 2.24) is 20.2 Å². The van der Waals surface area contributed by atoms with E-state index in [9.17, 15) is 23.7 Å². The highest BCUT2D eigenvalue weighted by Gasteiger charge is 2.24. The first kappa shape index (κ1) is 14.8. The van der Waals surface area contributed by atoms with Crippen LogP contribution >= 0.6 is 11.8 Å². The van der Waals surface area contributed by atoms with Crippen molar-refractivity contribution in [2.75, 3.05) is 0 Å². The summed E-state index contributed by atoms with van der Waals surface area (Å²) < 4.78 is 27.5. The number of hydrogen-bond donors (Lipinski definition) is 1. The van der Waals surface area contributed by atoms with Gasteiger partial charge in [0.25, 0.3) is 0 Å². The summed E-state index contributed by atoms with van der Waals surface area (Å²) in [6, 6.07) is 1.12. The molecule has 1 N–H and O–H groups in total. The molecular formula is C9H5F2N5O4S. The van der Waals surface area contributed by atoms with Crippen LogP contribution < -0.4 is 0 Å². The van der Waals surface area contributed by atoms with E-state index in [4.69, 9.17) is 5.11 Å². The quantitative estimate of drug-likeness (QED) is 0.642. The van der Waals surface area contributed by atoms with Crippen LogP contribution in [-0.4, -0.2) is 36.2 Å². The van der Waals surface area contributed by atoms with E-state index >= 15 is 0 Å². The van der Waals surface area contributed by atoms with Gasteiger partial charge in [-0.2, -0.15) is 4.39 Å². The summed E-state index contributed by atoms with van der Waals surface area (Å²) in [5, 5.41) is 29.4. The van der Waals surface area contributed by atoms with E-state index in [2.05, 4.69) is 15.5 Å². The van der Waals surface area contributed by atoms with Crippen LogP contribution in [0.1, 0.15) is 0 Å². The maximum absolute atomic E-state index is 13.5.